The number of furan rings is 1. The zero-order valence-corrected chi connectivity index (χ0v) is 12.0. The number of piperazine rings is 1. The highest BCUT2D eigenvalue weighted by molar-refractivity contribution is 7.89. The van der Waals surface area contributed by atoms with Crippen LogP contribution < -0.4 is 5.32 Å². The molecule has 2 atom stereocenters. The number of sulfonamides is 1. The fraction of sp³-hybridized carbons (Fsp3) is 0.667. The van der Waals surface area contributed by atoms with E-state index in [1.54, 1.807) is 24.2 Å². The third kappa shape index (κ3) is 2.20. The summed E-state index contributed by atoms with van der Waals surface area (Å²) < 4.78 is 32.1. The average Bonchev–Trinajstić information content (AvgIpc) is 2.62. The highest BCUT2D eigenvalue weighted by Gasteiger charge is 2.36. The first-order valence-corrected chi connectivity index (χ1v) is 7.60. The number of hydrogen-bond donors (Lipinski definition) is 1. The molecule has 0 aromatic carbocycles. The van der Waals surface area contributed by atoms with Gasteiger partial charge in [-0.05, 0) is 33.8 Å². The van der Waals surface area contributed by atoms with Gasteiger partial charge in [0.25, 0.3) is 0 Å². The summed E-state index contributed by atoms with van der Waals surface area (Å²) in [7, 11) is -3.45. The molecule has 0 amide bonds. The van der Waals surface area contributed by atoms with Crippen molar-refractivity contribution in [2.45, 2.75) is 44.7 Å². The Morgan fingerprint density at radius 2 is 2.06 bits per heavy atom. The van der Waals surface area contributed by atoms with Crippen LogP contribution in [0.5, 0.6) is 0 Å². The molecule has 1 aliphatic rings. The van der Waals surface area contributed by atoms with Crippen molar-refractivity contribution < 1.29 is 12.8 Å². The first-order valence-electron chi connectivity index (χ1n) is 6.16. The van der Waals surface area contributed by atoms with Crippen LogP contribution >= 0.6 is 0 Å². The van der Waals surface area contributed by atoms with E-state index in [0.29, 0.717) is 29.5 Å². The molecule has 5 nitrogen and oxygen atoms in total. The number of nitrogens with zero attached hydrogens (tertiary/aromatic N) is 1. The monoisotopic (exact) mass is 272 g/mol. The molecule has 6 heteroatoms. The van der Waals surface area contributed by atoms with Crippen molar-refractivity contribution in [1.82, 2.24) is 9.62 Å². The zero-order chi connectivity index (χ0) is 13.5. The number of nitrogens with one attached hydrogen (secondary N) is 1. The highest BCUT2D eigenvalue weighted by Crippen LogP contribution is 2.26. The fourth-order valence-electron chi connectivity index (χ4n) is 2.35. The lowest BCUT2D eigenvalue weighted by Gasteiger charge is -2.37. The van der Waals surface area contributed by atoms with Crippen molar-refractivity contribution in [3.63, 3.8) is 0 Å². The minimum atomic E-state index is -3.45. The van der Waals surface area contributed by atoms with Gasteiger partial charge in [-0.15, -0.1) is 0 Å². The molecular formula is C12H20N2O3S. The van der Waals surface area contributed by atoms with E-state index in [-0.39, 0.29) is 12.1 Å². The molecule has 1 aromatic rings. The average molecular weight is 272 g/mol. The van der Waals surface area contributed by atoms with Crippen molar-refractivity contribution in [2.24, 2.45) is 0 Å². The van der Waals surface area contributed by atoms with Gasteiger partial charge in [0, 0.05) is 25.2 Å². The first-order chi connectivity index (χ1) is 8.34. The Balaban J connectivity index is 2.39. The van der Waals surface area contributed by atoms with Gasteiger partial charge in [-0.1, -0.05) is 0 Å². The smallest absolute Gasteiger partial charge is 0.246 e. The maximum Gasteiger partial charge on any atom is 0.246 e. The van der Waals surface area contributed by atoms with Gasteiger partial charge in [0.1, 0.15) is 16.4 Å². The SMILES string of the molecule is Cc1cc(S(=O)(=O)N2CCNC(C)C2C)c(C)o1. The van der Waals surface area contributed by atoms with Crippen LogP contribution in [0, 0.1) is 13.8 Å². The predicted octanol–water partition coefficient (Wildman–Crippen LogP) is 1.27. The van der Waals surface area contributed by atoms with Gasteiger partial charge in [0.2, 0.25) is 10.0 Å². The second kappa shape index (κ2) is 4.68. The van der Waals surface area contributed by atoms with Gasteiger partial charge in [-0.25, -0.2) is 8.42 Å². The molecule has 0 bridgehead atoms. The molecular weight excluding hydrogens is 252 g/mol. The van der Waals surface area contributed by atoms with Crippen LogP contribution in [0.3, 0.4) is 0 Å². The molecule has 2 heterocycles. The molecule has 1 saturated heterocycles. The summed E-state index contributed by atoms with van der Waals surface area (Å²) in [5.41, 5.74) is 0. The Hall–Kier alpha value is -0.850. The molecule has 1 aromatic heterocycles. The van der Waals surface area contributed by atoms with Gasteiger partial charge in [-0.3, -0.25) is 0 Å². The second-order valence-corrected chi connectivity index (χ2v) is 6.74. The lowest BCUT2D eigenvalue weighted by atomic mass is 10.1. The fourth-order valence-corrected chi connectivity index (χ4v) is 4.28. The molecule has 1 fully saturated rings. The molecule has 0 radical (unpaired) electrons. The third-order valence-electron chi connectivity index (χ3n) is 3.56. The van der Waals surface area contributed by atoms with Crippen molar-refractivity contribution in [3.8, 4) is 0 Å². The van der Waals surface area contributed by atoms with Gasteiger partial charge >= 0.3 is 0 Å². The quantitative estimate of drug-likeness (QED) is 0.880. The van der Waals surface area contributed by atoms with Crippen LogP contribution in [0.15, 0.2) is 15.4 Å². The summed E-state index contributed by atoms with van der Waals surface area (Å²) in [6.45, 7) is 8.56. The van der Waals surface area contributed by atoms with E-state index >= 15 is 0 Å². The standard InChI is InChI=1S/C12H20N2O3S/c1-8-7-12(11(4)17-8)18(15,16)14-6-5-13-9(2)10(14)3/h7,9-10,13H,5-6H2,1-4H3. The van der Waals surface area contributed by atoms with Crippen molar-refractivity contribution in [3.05, 3.63) is 17.6 Å². The minimum Gasteiger partial charge on any atom is -0.465 e. The normalized spacial score (nSPS) is 26.4. The molecule has 18 heavy (non-hydrogen) atoms. The van der Waals surface area contributed by atoms with E-state index in [2.05, 4.69) is 5.32 Å². The number of aryl methyl sites for hydroxylation is 2. The van der Waals surface area contributed by atoms with E-state index in [1.165, 1.54) is 0 Å². The van der Waals surface area contributed by atoms with E-state index in [9.17, 15) is 8.42 Å². The molecule has 2 rings (SSSR count). The van der Waals surface area contributed by atoms with Crippen LogP contribution in [0.4, 0.5) is 0 Å². The molecule has 102 valence electrons. The lowest BCUT2D eigenvalue weighted by Crippen LogP contribution is -2.57. The van der Waals surface area contributed by atoms with Gasteiger partial charge in [-0.2, -0.15) is 4.31 Å². The lowest BCUT2D eigenvalue weighted by molar-refractivity contribution is 0.232. The summed E-state index contributed by atoms with van der Waals surface area (Å²) in [6, 6.07) is 1.70. The number of hydrogen-bond acceptors (Lipinski definition) is 4. The Labute approximate surface area is 108 Å². The van der Waals surface area contributed by atoms with Gasteiger partial charge < -0.3 is 9.73 Å². The minimum absolute atomic E-state index is 0.0571. The summed E-state index contributed by atoms with van der Waals surface area (Å²) in [6.07, 6.45) is 0. The summed E-state index contributed by atoms with van der Waals surface area (Å²) in [5.74, 6) is 1.09. The van der Waals surface area contributed by atoms with E-state index in [0.717, 1.165) is 0 Å². The Morgan fingerprint density at radius 1 is 1.39 bits per heavy atom. The molecule has 0 saturated carbocycles. The van der Waals surface area contributed by atoms with E-state index in [4.69, 9.17) is 4.42 Å². The summed E-state index contributed by atoms with van der Waals surface area (Å²) in [4.78, 5) is 0.293. The molecule has 1 aliphatic heterocycles. The van der Waals surface area contributed by atoms with E-state index < -0.39 is 10.0 Å². The molecule has 0 spiro atoms. The van der Waals surface area contributed by atoms with Crippen LogP contribution in [-0.4, -0.2) is 37.9 Å². The number of rotatable bonds is 2. The Bertz CT molecular complexity index is 536. The Morgan fingerprint density at radius 3 is 2.61 bits per heavy atom. The van der Waals surface area contributed by atoms with Gasteiger partial charge in [0.15, 0.2) is 0 Å². The third-order valence-corrected chi connectivity index (χ3v) is 5.65. The topological polar surface area (TPSA) is 62.6 Å². The summed E-state index contributed by atoms with van der Waals surface area (Å²) >= 11 is 0. The van der Waals surface area contributed by atoms with Crippen LogP contribution in [0.25, 0.3) is 0 Å². The summed E-state index contributed by atoms with van der Waals surface area (Å²) in [5, 5.41) is 3.28. The molecule has 1 N–H and O–H groups in total. The van der Waals surface area contributed by atoms with Crippen molar-refractivity contribution in [2.75, 3.05) is 13.1 Å². The Kier molecular flexibility index (Phi) is 3.53. The van der Waals surface area contributed by atoms with E-state index in [1.807, 2.05) is 13.8 Å². The largest absolute Gasteiger partial charge is 0.465 e. The molecule has 0 aliphatic carbocycles. The highest BCUT2D eigenvalue weighted by atomic mass is 32.2. The maximum absolute atomic E-state index is 12.6. The zero-order valence-electron chi connectivity index (χ0n) is 11.2. The van der Waals surface area contributed by atoms with Crippen LogP contribution in [0.1, 0.15) is 25.4 Å². The maximum atomic E-state index is 12.6. The van der Waals surface area contributed by atoms with Gasteiger partial charge in [0.05, 0.1) is 0 Å². The second-order valence-electron chi connectivity index (χ2n) is 4.88. The predicted molar refractivity (Wildman–Crippen MR) is 69.0 cm³/mol. The van der Waals surface area contributed by atoms with Crippen molar-refractivity contribution in [1.29, 1.82) is 0 Å². The van der Waals surface area contributed by atoms with Crippen LogP contribution in [-0.2, 0) is 10.0 Å². The molecule has 2 unspecified atom stereocenters. The van der Waals surface area contributed by atoms with Crippen molar-refractivity contribution >= 4 is 10.0 Å². The first kappa shape index (κ1) is 13.6. The van der Waals surface area contributed by atoms with Crippen LogP contribution in [0.2, 0.25) is 0 Å².